The Morgan fingerprint density at radius 1 is 0.974 bits per heavy atom. The summed E-state index contributed by atoms with van der Waals surface area (Å²) in [4.78, 5) is 33.6. The van der Waals surface area contributed by atoms with E-state index in [1.54, 1.807) is 12.5 Å². The number of carbonyl (C=O) groups is 2. The van der Waals surface area contributed by atoms with E-state index in [4.69, 9.17) is 0 Å². The zero-order valence-corrected chi connectivity index (χ0v) is 21.4. The quantitative estimate of drug-likeness (QED) is 0.480. The average Bonchev–Trinajstić information content (AvgIpc) is 3.65. The summed E-state index contributed by atoms with van der Waals surface area (Å²) in [7, 11) is 0. The highest BCUT2D eigenvalue weighted by molar-refractivity contribution is 5.96. The van der Waals surface area contributed by atoms with Gasteiger partial charge < -0.3 is 20.1 Å². The van der Waals surface area contributed by atoms with Crippen molar-refractivity contribution in [3.8, 4) is 5.69 Å². The fourth-order valence-corrected chi connectivity index (χ4v) is 5.35. The number of nitrogens with zero attached hydrogens (tertiary/aromatic N) is 4. The number of hydrogen-bond acceptors (Lipinski definition) is 5. The molecular weight excluding hydrogens is 509 g/mol. The van der Waals surface area contributed by atoms with Crippen molar-refractivity contribution >= 4 is 17.5 Å². The third-order valence-electron chi connectivity index (χ3n) is 7.44. The lowest BCUT2D eigenvalue weighted by Gasteiger charge is -2.38. The molecule has 0 spiro atoms. The van der Waals surface area contributed by atoms with Crippen LogP contribution in [0.5, 0.6) is 0 Å². The van der Waals surface area contributed by atoms with Crippen LogP contribution in [-0.2, 0) is 11.0 Å². The highest BCUT2D eigenvalue weighted by atomic mass is 19.4. The van der Waals surface area contributed by atoms with Crippen molar-refractivity contribution < 1.29 is 22.8 Å². The first kappa shape index (κ1) is 26.7. The second kappa shape index (κ2) is 11.5. The summed E-state index contributed by atoms with van der Waals surface area (Å²) in [5.74, 6) is -1.07. The number of amides is 2. The lowest BCUT2D eigenvalue weighted by molar-refractivity contribution is -0.137. The summed E-state index contributed by atoms with van der Waals surface area (Å²) in [6.07, 6.45) is 3.82. The molecule has 206 valence electrons. The first-order valence-electron chi connectivity index (χ1n) is 13.1. The third kappa shape index (κ3) is 6.59. The Balaban J connectivity index is 1.04. The maximum absolute atomic E-state index is 12.9. The van der Waals surface area contributed by atoms with Crippen molar-refractivity contribution in [3.63, 3.8) is 0 Å². The maximum atomic E-state index is 12.9. The van der Waals surface area contributed by atoms with E-state index in [-0.39, 0.29) is 24.1 Å². The number of anilines is 1. The van der Waals surface area contributed by atoms with Crippen LogP contribution >= 0.6 is 0 Å². The number of imidazole rings is 1. The number of carbonyl (C=O) groups excluding carboxylic acids is 2. The third-order valence-corrected chi connectivity index (χ3v) is 7.44. The van der Waals surface area contributed by atoms with Gasteiger partial charge >= 0.3 is 6.18 Å². The van der Waals surface area contributed by atoms with Crippen LogP contribution in [0, 0.1) is 0 Å². The first-order chi connectivity index (χ1) is 18.8. The summed E-state index contributed by atoms with van der Waals surface area (Å²) in [5.41, 5.74) is 1.24. The van der Waals surface area contributed by atoms with E-state index in [0.717, 1.165) is 63.3 Å². The molecule has 11 heteroatoms. The first-order valence-corrected chi connectivity index (χ1v) is 13.1. The number of likely N-dealkylation sites (tertiary alicyclic amines) is 1. The molecule has 1 atom stereocenters. The maximum Gasteiger partial charge on any atom is 0.416 e. The van der Waals surface area contributed by atoms with E-state index >= 15 is 0 Å². The molecular formula is C28H31F3N6O2. The van der Waals surface area contributed by atoms with Gasteiger partial charge in [0.25, 0.3) is 5.91 Å². The number of halogens is 3. The average molecular weight is 541 g/mol. The lowest BCUT2D eigenvalue weighted by Crippen LogP contribution is -2.46. The van der Waals surface area contributed by atoms with Crippen LogP contribution in [0.2, 0.25) is 0 Å². The Bertz CT molecular complexity index is 1270. The zero-order chi connectivity index (χ0) is 27.4. The summed E-state index contributed by atoms with van der Waals surface area (Å²) < 4.78 is 40.6. The predicted molar refractivity (Wildman–Crippen MR) is 141 cm³/mol. The minimum absolute atomic E-state index is 0.0169. The number of nitrogens with one attached hydrogen (secondary N) is 2. The molecule has 0 unspecified atom stereocenters. The standard InChI is InChI=1S/C28H31F3N6O2/c29-28(30,31)21-3-1-2-20(16-21)27(39)33-17-26(38)34-22-8-12-36(18-22)25-9-13-35(14-10-25)23-4-6-24(7-5-23)37-15-11-32-19-37/h1-7,11,15-16,19,22,25H,8-10,12-14,17-18H2,(H,33,39)(H,34,38)/t22-/m1/s1. The second-order valence-corrected chi connectivity index (χ2v) is 10.0. The summed E-state index contributed by atoms with van der Waals surface area (Å²) in [6.45, 7) is 3.28. The smallest absolute Gasteiger partial charge is 0.371 e. The van der Waals surface area contributed by atoms with Crippen LogP contribution in [0.25, 0.3) is 5.69 Å². The van der Waals surface area contributed by atoms with Gasteiger partial charge in [0.2, 0.25) is 5.91 Å². The molecule has 0 aliphatic carbocycles. The van der Waals surface area contributed by atoms with Crippen molar-refractivity contribution in [2.45, 2.75) is 37.5 Å². The van der Waals surface area contributed by atoms with E-state index in [1.165, 1.54) is 17.8 Å². The van der Waals surface area contributed by atoms with E-state index in [1.807, 2.05) is 10.8 Å². The molecule has 8 nitrogen and oxygen atoms in total. The number of benzene rings is 2. The molecule has 0 bridgehead atoms. The van der Waals surface area contributed by atoms with E-state index in [0.29, 0.717) is 6.04 Å². The van der Waals surface area contributed by atoms with Crippen molar-refractivity contribution in [1.29, 1.82) is 0 Å². The minimum Gasteiger partial charge on any atom is -0.371 e. The molecule has 2 aliphatic rings. The Morgan fingerprint density at radius 2 is 1.72 bits per heavy atom. The fourth-order valence-electron chi connectivity index (χ4n) is 5.35. The van der Waals surface area contributed by atoms with Crippen LogP contribution in [0.4, 0.5) is 18.9 Å². The normalized spacial score (nSPS) is 18.7. The minimum atomic E-state index is -4.54. The van der Waals surface area contributed by atoms with Gasteiger partial charge in [0.05, 0.1) is 18.4 Å². The molecule has 2 aromatic carbocycles. The van der Waals surface area contributed by atoms with Crippen molar-refractivity contribution in [3.05, 3.63) is 78.4 Å². The Kier molecular flexibility index (Phi) is 7.87. The lowest BCUT2D eigenvalue weighted by atomic mass is 10.0. The molecule has 39 heavy (non-hydrogen) atoms. The monoisotopic (exact) mass is 540 g/mol. The zero-order valence-electron chi connectivity index (χ0n) is 21.4. The molecule has 2 aliphatic heterocycles. The van der Waals surface area contributed by atoms with Crippen LogP contribution in [0.3, 0.4) is 0 Å². The van der Waals surface area contributed by atoms with Crippen LogP contribution in [0.1, 0.15) is 35.2 Å². The molecule has 5 rings (SSSR count). The van der Waals surface area contributed by atoms with Gasteiger partial charge in [0.1, 0.15) is 0 Å². The summed E-state index contributed by atoms with van der Waals surface area (Å²) in [5, 5.41) is 5.37. The van der Waals surface area contributed by atoms with Gasteiger partial charge in [-0.1, -0.05) is 6.07 Å². The molecule has 2 amide bonds. The predicted octanol–water partition coefficient (Wildman–Crippen LogP) is 3.48. The molecule has 2 saturated heterocycles. The van der Waals surface area contributed by atoms with Gasteiger partial charge in [-0.2, -0.15) is 13.2 Å². The number of piperidine rings is 1. The highest BCUT2D eigenvalue weighted by Gasteiger charge is 2.32. The largest absolute Gasteiger partial charge is 0.416 e. The van der Waals surface area contributed by atoms with Crippen LogP contribution in [-0.4, -0.2) is 71.1 Å². The Hall–Kier alpha value is -3.86. The van der Waals surface area contributed by atoms with Crippen molar-refractivity contribution in [2.75, 3.05) is 37.6 Å². The van der Waals surface area contributed by atoms with E-state index < -0.39 is 17.6 Å². The van der Waals surface area contributed by atoms with Crippen molar-refractivity contribution in [1.82, 2.24) is 25.1 Å². The number of rotatable bonds is 7. The van der Waals surface area contributed by atoms with E-state index in [2.05, 4.69) is 49.7 Å². The Morgan fingerprint density at radius 3 is 2.41 bits per heavy atom. The number of alkyl halides is 3. The summed E-state index contributed by atoms with van der Waals surface area (Å²) >= 11 is 0. The molecule has 3 aromatic rings. The second-order valence-electron chi connectivity index (χ2n) is 10.0. The van der Waals surface area contributed by atoms with E-state index in [9.17, 15) is 22.8 Å². The van der Waals surface area contributed by atoms with Crippen LogP contribution in [0.15, 0.2) is 67.3 Å². The topological polar surface area (TPSA) is 82.5 Å². The Labute approximate surface area is 224 Å². The molecule has 2 fully saturated rings. The molecule has 0 saturated carbocycles. The van der Waals surface area contributed by atoms with Crippen molar-refractivity contribution in [2.24, 2.45) is 0 Å². The van der Waals surface area contributed by atoms with Crippen LogP contribution < -0.4 is 15.5 Å². The van der Waals surface area contributed by atoms with Gasteiger partial charge in [-0.15, -0.1) is 0 Å². The molecule has 3 heterocycles. The van der Waals surface area contributed by atoms with Gasteiger partial charge in [-0.3, -0.25) is 14.5 Å². The molecule has 1 aromatic heterocycles. The molecule has 2 N–H and O–H groups in total. The van der Waals surface area contributed by atoms with Gasteiger partial charge in [0.15, 0.2) is 0 Å². The van der Waals surface area contributed by atoms with Gasteiger partial charge in [-0.05, 0) is 61.7 Å². The number of aromatic nitrogens is 2. The summed E-state index contributed by atoms with van der Waals surface area (Å²) in [6, 6.07) is 13.1. The SMILES string of the molecule is O=C(CNC(=O)c1cccc(C(F)(F)F)c1)N[C@@H]1CCN(C2CCN(c3ccc(-n4ccnc4)cc3)CC2)C1. The highest BCUT2D eigenvalue weighted by Crippen LogP contribution is 2.29. The number of hydrogen-bond donors (Lipinski definition) is 2. The van der Waals surface area contributed by atoms with Gasteiger partial charge in [0, 0.05) is 67.6 Å². The molecule has 0 radical (unpaired) electrons. The van der Waals surface area contributed by atoms with Gasteiger partial charge in [-0.25, -0.2) is 4.98 Å². The fraction of sp³-hybridized carbons (Fsp3) is 0.393.